The first-order chi connectivity index (χ1) is 6.25. The predicted octanol–water partition coefficient (Wildman–Crippen LogP) is 0.758. The molecule has 1 heterocycles. The molecule has 13 heavy (non-hydrogen) atoms. The molecule has 0 aliphatic carbocycles. The maximum atomic E-state index is 11.6. The van der Waals surface area contributed by atoms with Gasteiger partial charge in [-0.2, -0.15) is 0 Å². The van der Waals surface area contributed by atoms with Crippen molar-refractivity contribution in [3.63, 3.8) is 0 Å². The normalized spacial score (nSPS) is 27.5. The molecule has 1 saturated heterocycles. The van der Waals surface area contributed by atoms with Gasteiger partial charge in [-0.1, -0.05) is 20.3 Å². The number of amides is 1. The van der Waals surface area contributed by atoms with Gasteiger partial charge in [-0.05, 0) is 18.9 Å². The Kier molecular flexibility index (Phi) is 4.22. The van der Waals surface area contributed by atoms with Crippen molar-refractivity contribution in [2.45, 2.75) is 26.7 Å². The third kappa shape index (κ3) is 2.99. The molecular weight excluding hydrogens is 164 g/mol. The summed E-state index contributed by atoms with van der Waals surface area (Å²) < 4.78 is 0. The summed E-state index contributed by atoms with van der Waals surface area (Å²) in [4.78, 5) is 11.6. The molecule has 0 spiro atoms. The van der Waals surface area contributed by atoms with Crippen molar-refractivity contribution in [2.75, 3.05) is 19.6 Å². The molecule has 0 saturated carbocycles. The molecule has 0 aromatic rings. The van der Waals surface area contributed by atoms with E-state index in [9.17, 15) is 4.79 Å². The van der Waals surface area contributed by atoms with E-state index in [0.717, 1.165) is 32.5 Å². The summed E-state index contributed by atoms with van der Waals surface area (Å²) >= 11 is 0. The van der Waals surface area contributed by atoms with Gasteiger partial charge in [0, 0.05) is 13.1 Å². The molecule has 3 heteroatoms. The maximum absolute atomic E-state index is 11.6. The van der Waals surface area contributed by atoms with Crippen molar-refractivity contribution in [3.05, 3.63) is 0 Å². The van der Waals surface area contributed by atoms with Crippen LogP contribution in [0.1, 0.15) is 26.7 Å². The zero-order valence-corrected chi connectivity index (χ0v) is 8.60. The van der Waals surface area contributed by atoms with Crippen LogP contribution in [0.15, 0.2) is 0 Å². The van der Waals surface area contributed by atoms with E-state index in [4.69, 9.17) is 0 Å². The average molecular weight is 184 g/mol. The van der Waals surface area contributed by atoms with E-state index in [1.807, 2.05) is 0 Å². The van der Waals surface area contributed by atoms with E-state index >= 15 is 0 Å². The Morgan fingerprint density at radius 3 is 2.85 bits per heavy atom. The average Bonchev–Trinajstić information content (AvgIpc) is 2.52. The van der Waals surface area contributed by atoms with Crippen molar-refractivity contribution in [2.24, 2.45) is 11.8 Å². The van der Waals surface area contributed by atoms with Crippen LogP contribution in [-0.2, 0) is 4.79 Å². The van der Waals surface area contributed by atoms with E-state index in [1.165, 1.54) is 0 Å². The molecule has 2 unspecified atom stereocenters. The minimum atomic E-state index is 0.192. The van der Waals surface area contributed by atoms with Crippen molar-refractivity contribution < 1.29 is 4.79 Å². The zero-order valence-electron chi connectivity index (χ0n) is 8.60. The van der Waals surface area contributed by atoms with Crippen LogP contribution in [0.3, 0.4) is 0 Å². The molecule has 0 aromatic carbocycles. The molecule has 0 bridgehead atoms. The van der Waals surface area contributed by atoms with Crippen LogP contribution in [0.5, 0.6) is 0 Å². The van der Waals surface area contributed by atoms with Crippen LogP contribution in [0, 0.1) is 11.8 Å². The van der Waals surface area contributed by atoms with Gasteiger partial charge in [0.25, 0.3) is 0 Å². The second-order valence-electron chi connectivity index (χ2n) is 3.89. The SMILES string of the molecule is CCCCNC(=O)C1CNCC1C. The van der Waals surface area contributed by atoms with Gasteiger partial charge in [0.2, 0.25) is 5.91 Å². The number of hydrogen-bond acceptors (Lipinski definition) is 2. The summed E-state index contributed by atoms with van der Waals surface area (Å²) in [6.45, 7) is 6.92. The van der Waals surface area contributed by atoms with Crippen LogP contribution >= 0.6 is 0 Å². The first kappa shape index (κ1) is 10.5. The fourth-order valence-corrected chi connectivity index (χ4v) is 1.68. The lowest BCUT2D eigenvalue weighted by molar-refractivity contribution is -0.125. The van der Waals surface area contributed by atoms with Gasteiger partial charge in [-0.25, -0.2) is 0 Å². The van der Waals surface area contributed by atoms with Gasteiger partial charge in [-0.3, -0.25) is 4.79 Å². The fraction of sp³-hybridized carbons (Fsp3) is 0.900. The lowest BCUT2D eigenvalue weighted by Crippen LogP contribution is -2.34. The van der Waals surface area contributed by atoms with Crippen LogP contribution in [0.2, 0.25) is 0 Å². The highest BCUT2D eigenvalue weighted by atomic mass is 16.1. The van der Waals surface area contributed by atoms with Crippen LogP contribution < -0.4 is 10.6 Å². The molecule has 1 aliphatic rings. The minimum Gasteiger partial charge on any atom is -0.356 e. The molecule has 1 rings (SSSR count). The van der Waals surface area contributed by atoms with E-state index in [0.29, 0.717) is 5.92 Å². The summed E-state index contributed by atoms with van der Waals surface area (Å²) in [5, 5.41) is 6.21. The van der Waals surface area contributed by atoms with E-state index in [-0.39, 0.29) is 11.8 Å². The lowest BCUT2D eigenvalue weighted by atomic mass is 9.97. The summed E-state index contributed by atoms with van der Waals surface area (Å²) in [5.74, 6) is 0.907. The topological polar surface area (TPSA) is 41.1 Å². The Morgan fingerprint density at radius 2 is 2.31 bits per heavy atom. The van der Waals surface area contributed by atoms with Crippen LogP contribution in [0.4, 0.5) is 0 Å². The minimum absolute atomic E-state index is 0.192. The monoisotopic (exact) mass is 184 g/mol. The first-order valence-corrected chi connectivity index (χ1v) is 5.24. The summed E-state index contributed by atoms with van der Waals surface area (Å²) in [7, 11) is 0. The van der Waals surface area contributed by atoms with Gasteiger partial charge in [-0.15, -0.1) is 0 Å². The summed E-state index contributed by atoms with van der Waals surface area (Å²) in [5.41, 5.74) is 0. The van der Waals surface area contributed by atoms with E-state index in [1.54, 1.807) is 0 Å². The summed E-state index contributed by atoms with van der Waals surface area (Å²) in [6, 6.07) is 0. The molecule has 2 atom stereocenters. The van der Waals surface area contributed by atoms with Gasteiger partial charge < -0.3 is 10.6 Å². The standard InChI is InChI=1S/C10H20N2O/c1-3-4-5-12-10(13)9-7-11-6-8(9)2/h8-9,11H,3-7H2,1-2H3,(H,12,13). The highest BCUT2D eigenvalue weighted by Crippen LogP contribution is 2.15. The largest absolute Gasteiger partial charge is 0.356 e. The Hall–Kier alpha value is -0.570. The quantitative estimate of drug-likeness (QED) is 0.633. The fourth-order valence-electron chi connectivity index (χ4n) is 1.68. The molecule has 2 N–H and O–H groups in total. The van der Waals surface area contributed by atoms with Crippen molar-refractivity contribution in [3.8, 4) is 0 Å². The van der Waals surface area contributed by atoms with Crippen LogP contribution in [0.25, 0.3) is 0 Å². The smallest absolute Gasteiger partial charge is 0.224 e. The highest BCUT2D eigenvalue weighted by molar-refractivity contribution is 5.79. The third-order valence-electron chi connectivity index (χ3n) is 2.68. The maximum Gasteiger partial charge on any atom is 0.224 e. The van der Waals surface area contributed by atoms with E-state index in [2.05, 4.69) is 24.5 Å². The Bertz CT molecular complexity index is 170. The van der Waals surface area contributed by atoms with Crippen molar-refractivity contribution in [1.29, 1.82) is 0 Å². The van der Waals surface area contributed by atoms with Gasteiger partial charge in [0.15, 0.2) is 0 Å². The lowest BCUT2D eigenvalue weighted by Gasteiger charge is -2.13. The van der Waals surface area contributed by atoms with Gasteiger partial charge >= 0.3 is 0 Å². The van der Waals surface area contributed by atoms with Gasteiger partial charge in [0.1, 0.15) is 0 Å². The second-order valence-corrected chi connectivity index (χ2v) is 3.89. The molecule has 1 amide bonds. The first-order valence-electron chi connectivity index (χ1n) is 5.24. The molecule has 1 fully saturated rings. The van der Waals surface area contributed by atoms with E-state index < -0.39 is 0 Å². The number of carbonyl (C=O) groups excluding carboxylic acids is 1. The zero-order chi connectivity index (χ0) is 9.68. The van der Waals surface area contributed by atoms with Crippen LogP contribution in [-0.4, -0.2) is 25.5 Å². The number of unbranched alkanes of at least 4 members (excludes halogenated alkanes) is 1. The molecule has 0 aromatic heterocycles. The third-order valence-corrected chi connectivity index (χ3v) is 2.68. The number of rotatable bonds is 4. The van der Waals surface area contributed by atoms with Gasteiger partial charge in [0.05, 0.1) is 5.92 Å². The molecule has 3 nitrogen and oxygen atoms in total. The Labute approximate surface area is 80.3 Å². The van der Waals surface area contributed by atoms with Crippen molar-refractivity contribution in [1.82, 2.24) is 10.6 Å². The number of nitrogens with one attached hydrogen (secondary N) is 2. The summed E-state index contributed by atoms with van der Waals surface area (Å²) in [6.07, 6.45) is 2.22. The highest BCUT2D eigenvalue weighted by Gasteiger charge is 2.28. The Balaban J connectivity index is 2.22. The molecule has 76 valence electrons. The second kappa shape index (κ2) is 5.22. The number of carbonyl (C=O) groups is 1. The number of hydrogen-bond donors (Lipinski definition) is 2. The van der Waals surface area contributed by atoms with Crippen molar-refractivity contribution >= 4 is 5.91 Å². The predicted molar refractivity (Wildman–Crippen MR) is 53.4 cm³/mol. The molecular formula is C10H20N2O. The molecule has 1 aliphatic heterocycles. The Morgan fingerprint density at radius 1 is 1.54 bits per heavy atom. The molecule has 0 radical (unpaired) electrons.